The Bertz CT molecular complexity index is 548. The molecular weight excluding hydrogens is 336 g/mol. The largest absolute Gasteiger partial charge is 0.481 e. The Morgan fingerprint density at radius 2 is 2.14 bits per heavy atom. The Kier molecular flexibility index (Phi) is 5.22. The first-order valence-electron chi connectivity index (χ1n) is 7.01. The average Bonchev–Trinajstić information content (AvgIpc) is 2.88. The Balaban J connectivity index is 1.86. The number of urea groups is 1. The average molecular weight is 355 g/mol. The van der Waals surface area contributed by atoms with Crippen LogP contribution in [0.4, 0.5) is 10.5 Å². The van der Waals surface area contributed by atoms with Crippen molar-refractivity contribution in [2.45, 2.75) is 26.2 Å². The molecule has 6 heteroatoms. The number of halogens is 1. The third kappa shape index (κ3) is 4.20. The van der Waals surface area contributed by atoms with Crippen LogP contribution in [0.5, 0.6) is 0 Å². The minimum absolute atomic E-state index is 0.0229. The Hall–Kier alpha value is -1.56. The molecule has 1 aliphatic carbocycles. The third-order valence-corrected chi connectivity index (χ3v) is 4.53. The van der Waals surface area contributed by atoms with Crippen LogP contribution in [0, 0.1) is 18.8 Å². The number of hydrogen-bond donors (Lipinski definition) is 3. The predicted molar refractivity (Wildman–Crippen MR) is 84.4 cm³/mol. The van der Waals surface area contributed by atoms with E-state index in [1.165, 1.54) is 0 Å². The molecule has 0 aliphatic heterocycles. The van der Waals surface area contributed by atoms with Crippen molar-refractivity contribution in [2.75, 3.05) is 11.9 Å². The summed E-state index contributed by atoms with van der Waals surface area (Å²) in [5, 5.41) is 14.6. The summed E-state index contributed by atoms with van der Waals surface area (Å²) in [6, 6.07) is 5.36. The summed E-state index contributed by atoms with van der Waals surface area (Å²) < 4.78 is 0.821. The van der Waals surface area contributed by atoms with Gasteiger partial charge >= 0.3 is 12.0 Å². The van der Waals surface area contributed by atoms with Gasteiger partial charge in [-0.05, 0) is 59.3 Å². The molecule has 2 rings (SSSR count). The molecule has 0 bridgehead atoms. The zero-order valence-electron chi connectivity index (χ0n) is 11.9. The maximum Gasteiger partial charge on any atom is 0.319 e. The quantitative estimate of drug-likeness (QED) is 0.775. The van der Waals surface area contributed by atoms with E-state index in [0.29, 0.717) is 18.7 Å². The number of nitrogens with one attached hydrogen (secondary N) is 2. The zero-order valence-corrected chi connectivity index (χ0v) is 13.4. The van der Waals surface area contributed by atoms with E-state index in [1.807, 2.05) is 25.1 Å². The van der Waals surface area contributed by atoms with Crippen LogP contribution in [0.25, 0.3) is 0 Å². The van der Waals surface area contributed by atoms with E-state index in [9.17, 15) is 9.59 Å². The highest BCUT2D eigenvalue weighted by Crippen LogP contribution is 2.31. The lowest BCUT2D eigenvalue weighted by molar-refractivity contribution is -0.142. The van der Waals surface area contributed by atoms with Crippen molar-refractivity contribution in [3.8, 4) is 0 Å². The van der Waals surface area contributed by atoms with Gasteiger partial charge < -0.3 is 15.7 Å². The van der Waals surface area contributed by atoms with Gasteiger partial charge in [0, 0.05) is 11.0 Å². The predicted octanol–water partition coefficient (Wildman–Crippen LogP) is 3.38. The summed E-state index contributed by atoms with van der Waals surface area (Å²) in [5.74, 6) is -1.08. The number of carbonyl (C=O) groups excluding carboxylic acids is 1. The molecule has 2 unspecified atom stereocenters. The smallest absolute Gasteiger partial charge is 0.319 e. The topological polar surface area (TPSA) is 78.4 Å². The molecule has 3 N–H and O–H groups in total. The number of aryl methyl sites for hydroxylation is 1. The first-order valence-corrected chi connectivity index (χ1v) is 7.80. The van der Waals surface area contributed by atoms with Gasteiger partial charge in [-0.2, -0.15) is 0 Å². The molecule has 0 radical (unpaired) electrons. The standard InChI is InChI=1S/C15H19BrN2O3/c1-9-5-6-13(12(16)7-9)18-15(21)17-8-10-3-2-4-11(10)14(19)20/h5-7,10-11H,2-4,8H2,1H3,(H,19,20)(H2,17,18,21). The summed E-state index contributed by atoms with van der Waals surface area (Å²) in [5.41, 5.74) is 1.79. The normalized spacial score (nSPS) is 21.0. The molecule has 0 saturated heterocycles. The van der Waals surface area contributed by atoms with Crippen molar-refractivity contribution in [1.82, 2.24) is 5.32 Å². The van der Waals surface area contributed by atoms with E-state index in [0.717, 1.165) is 22.9 Å². The monoisotopic (exact) mass is 354 g/mol. The Labute approximate surface area is 132 Å². The fourth-order valence-corrected chi connectivity index (χ4v) is 3.31. The first-order chi connectivity index (χ1) is 9.97. The molecule has 1 aliphatic rings. The van der Waals surface area contributed by atoms with Crippen LogP contribution in [0.1, 0.15) is 24.8 Å². The number of carboxylic acids is 1. The highest BCUT2D eigenvalue weighted by atomic mass is 79.9. The minimum Gasteiger partial charge on any atom is -0.481 e. The van der Waals surface area contributed by atoms with Crippen molar-refractivity contribution < 1.29 is 14.7 Å². The molecule has 2 atom stereocenters. The molecule has 1 saturated carbocycles. The SMILES string of the molecule is Cc1ccc(NC(=O)NCC2CCCC2C(=O)O)c(Br)c1. The van der Waals surface area contributed by atoms with Gasteiger partial charge in [0.15, 0.2) is 0 Å². The molecular formula is C15H19BrN2O3. The van der Waals surface area contributed by atoms with Crippen LogP contribution >= 0.6 is 15.9 Å². The number of anilines is 1. The van der Waals surface area contributed by atoms with Crippen LogP contribution in [0.15, 0.2) is 22.7 Å². The number of carboxylic acid groups (broad SMARTS) is 1. The van der Waals surface area contributed by atoms with E-state index >= 15 is 0 Å². The van der Waals surface area contributed by atoms with E-state index in [4.69, 9.17) is 5.11 Å². The number of amides is 2. The highest BCUT2D eigenvalue weighted by molar-refractivity contribution is 9.10. The summed E-state index contributed by atoms with van der Waals surface area (Å²) in [6.45, 7) is 2.37. The van der Waals surface area contributed by atoms with Gasteiger partial charge in [-0.1, -0.05) is 12.5 Å². The second kappa shape index (κ2) is 6.93. The van der Waals surface area contributed by atoms with Crippen molar-refractivity contribution in [2.24, 2.45) is 11.8 Å². The Morgan fingerprint density at radius 1 is 1.38 bits per heavy atom. The molecule has 0 heterocycles. The van der Waals surface area contributed by atoms with Gasteiger partial charge in [-0.3, -0.25) is 4.79 Å². The van der Waals surface area contributed by atoms with E-state index in [-0.39, 0.29) is 17.9 Å². The van der Waals surface area contributed by atoms with Crippen molar-refractivity contribution in [3.05, 3.63) is 28.2 Å². The third-order valence-electron chi connectivity index (χ3n) is 3.87. The fraction of sp³-hybridized carbons (Fsp3) is 0.467. The van der Waals surface area contributed by atoms with E-state index in [1.54, 1.807) is 0 Å². The Morgan fingerprint density at radius 3 is 2.81 bits per heavy atom. The van der Waals surface area contributed by atoms with E-state index in [2.05, 4.69) is 26.6 Å². The highest BCUT2D eigenvalue weighted by Gasteiger charge is 2.32. The maximum atomic E-state index is 11.9. The van der Waals surface area contributed by atoms with Crippen LogP contribution in [0.2, 0.25) is 0 Å². The lowest BCUT2D eigenvalue weighted by Crippen LogP contribution is -2.35. The van der Waals surface area contributed by atoms with Crippen molar-refractivity contribution in [1.29, 1.82) is 0 Å². The number of aliphatic carboxylic acids is 1. The zero-order chi connectivity index (χ0) is 15.4. The van der Waals surface area contributed by atoms with Crippen LogP contribution in [0.3, 0.4) is 0 Å². The number of rotatable bonds is 4. The molecule has 2 amide bonds. The molecule has 1 aromatic rings. The second-order valence-corrected chi connectivity index (χ2v) is 6.31. The van der Waals surface area contributed by atoms with Gasteiger partial charge in [0.2, 0.25) is 0 Å². The number of carbonyl (C=O) groups is 2. The first kappa shape index (κ1) is 15.8. The van der Waals surface area contributed by atoms with Gasteiger partial charge in [-0.15, -0.1) is 0 Å². The van der Waals surface area contributed by atoms with Crippen molar-refractivity contribution >= 4 is 33.6 Å². The molecule has 0 aromatic heterocycles. The lowest BCUT2D eigenvalue weighted by Gasteiger charge is -2.17. The lowest BCUT2D eigenvalue weighted by atomic mass is 9.96. The molecule has 1 fully saturated rings. The van der Waals surface area contributed by atoms with Crippen molar-refractivity contribution in [3.63, 3.8) is 0 Å². The molecule has 1 aromatic carbocycles. The van der Waals surface area contributed by atoms with Gasteiger partial charge in [-0.25, -0.2) is 4.79 Å². The van der Waals surface area contributed by atoms with Gasteiger partial charge in [0.25, 0.3) is 0 Å². The number of benzene rings is 1. The van der Waals surface area contributed by atoms with Gasteiger partial charge in [0.05, 0.1) is 11.6 Å². The van der Waals surface area contributed by atoms with Crippen LogP contribution < -0.4 is 10.6 Å². The van der Waals surface area contributed by atoms with Crippen LogP contribution in [-0.4, -0.2) is 23.7 Å². The molecule has 21 heavy (non-hydrogen) atoms. The van der Waals surface area contributed by atoms with Crippen LogP contribution in [-0.2, 0) is 4.79 Å². The summed E-state index contributed by atoms with van der Waals surface area (Å²) in [4.78, 5) is 23.0. The summed E-state index contributed by atoms with van der Waals surface area (Å²) in [6.07, 6.45) is 2.47. The molecule has 5 nitrogen and oxygen atoms in total. The number of hydrogen-bond acceptors (Lipinski definition) is 2. The fourth-order valence-electron chi connectivity index (χ4n) is 2.72. The minimum atomic E-state index is -0.763. The van der Waals surface area contributed by atoms with Gasteiger partial charge in [0.1, 0.15) is 0 Å². The molecule has 114 valence electrons. The maximum absolute atomic E-state index is 11.9. The summed E-state index contributed by atoms with van der Waals surface area (Å²) in [7, 11) is 0. The summed E-state index contributed by atoms with van der Waals surface area (Å²) >= 11 is 3.40. The second-order valence-electron chi connectivity index (χ2n) is 5.45. The molecule has 0 spiro atoms. The van der Waals surface area contributed by atoms with E-state index < -0.39 is 5.97 Å².